The van der Waals surface area contributed by atoms with Crippen LogP contribution in [-0.2, 0) is 4.74 Å². The molecule has 1 saturated heterocycles. The molecule has 1 fully saturated rings. The van der Waals surface area contributed by atoms with E-state index in [1.807, 2.05) is 11.0 Å². The van der Waals surface area contributed by atoms with Gasteiger partial charge in [0.05, 0.1) is 19.2 Å². The molecule has 2 rings (SSSR count). The first-order valence-corrected chi connectivity index (χ1v) is 5.93. The van der Waals surface area contributed by atoms with Crippen molar-refractivity contribution in [2.75, 3.05) is 24.6 Å². The summed E-state index contributed by atoms with van der Waals surface area (Å²) in [6, 6.07) is 6.60. The van der Waals surface area contributed by atoms with Gasteiger partial charge in [0.15, 0.2) is 6.10 Å². The van der Waals surface area contributed by atoms with Crippen LogP contribution in [-0.4, -0.2) is 25.8 Å². The molecule has 1 aromatic rings. The van der Waals surface area contributed by atoms with Gasteiger partial charge in [-0.1, -0.05) is 6.07 Å². The number of ether oxygens (including phenoxy) is 1. The first-order valence-electron chi connectivity index (χ1n) is 5.93. The van der Waals surface area contributed by atoms with E-state index in [-0.39, 0.29) is 11.9 Å². The summed E-state index contributed by atoms with van der Waals surface area (Å²) in [6.07, 6.45) is -0.469. The Morgan fingerprint density at radius 2 is 2.39 bits per heavy atom. The highest BCUT2D eigenvalue weighted by molar-refractivity contribution is 5.56. The Morgan fingerprint density at radius 3 is 3.06 bits per heavy atom. The molecule has 18 heavy (non-hydrogen) atoms. The van der Waals surface area contributed by atoms with Crippen molar-refractivity contribution in [3.05, 3.63) is 29.6 Å². The van der Waals surface area contributed by atoms with Gasteiger partial charge in [0.2, 0.25) is 0 Å². The molecule has 2 unspecified atom stereocenters. The summed E-state index contributed by atoms with van der Waals surface area (Å²) in [5.41, 5.74) is 7.08. The predicted octanol–water partition coefficient (Wildman–Crippen LogP) is 1.57. The minimum Gasteiger partial charge on any atom is -0.365 e. The molecule has 96 valence electrons. The Labute approximate surface area is 106 Å². The quantitative estimate of drug-likeness (QED) is 0.864. The van der Waals surface area contributed by atoms with E-state index in [0.29, 0.717) is 25.3 Å². The summed E-state index contributed by atoms with van der Waals surface area (Å²) < 4.78 is 19.1. The van der Waals surface area contributed by atoms with Crippen LogP contribution >= 0.6 is 0 Å². The molecule has 0 bridgehead atoms. The van der Waals surface area contributed by atoms with Crippen LogP contribution < -0.4 is 10.6 Å². The summed E-state index contributed by atoms with van der Waals surface area (Å²) in [4.78, 5) is 1.96. The van der Waals surface area contributed by atoms with Gasteiger partial charge in [0.1, 0.15) is 5.82 Å². The number of hydrogen-bond acceptors (Lipinski definition) is 4. The number of nitriles is 1. The minimum atomic E-state index is -0.469. The number of morpholine rings is 1. The zero-order chi connectivity index (χ0) is 13.1. The molecule has 1 heterocycles. The van der Waals surface area contributed by atoms with Gasteiger partial charge in [-0.05, 0) is 19.1 Å². The summed E-state index contributed by atoms with van der Waals surface area (Å²) >= 11 is 0. The molecule has 0 spiro atoms. The smallest absolute Gasteiger partial charge is 0.161 e. The molecule has 0 radical (unpaired) electrons. The molecule has 1 aliphatic rings. The van der Waals surface area contributed by atoms with Crippen molar-refractivity contribution in [2.24, 2.45) is 5.73 Å². The van der Waals surface area contributed by atoms with Crippen molar-refractivity contribution >= 4 is 5.69 Å². The second-order valence-corrected chi connectivity index (χ2v) is 4.40. The van der Waals surface area contributed by atoms with Gasteiger partial charge in [-0.2, -0.15) is 5.26 Å². The van der Waals surface area contributed by atoms with Gasteiger partial charge >= 0.3 is 0 Å². The first-order chi connectivity index (χ1) is 8.63. The van der Waals surface area contributed by atoms with E-state index in [1.54, 1.807) is 13.0 Å². The van der Waals surface area contributed by atoms with Gasteiger partial charge < -0.3 is 15.4 Å². The maximum atomic E-state index is 13.8. The van der Waals surface area contributed by atoms with Crippen LogP contribution in [0.2, 0.25) is 0 Å². The number of rotatable bonds is 2. The Morgan fingerprint density at radius 1 is 1.61 bits per heavy atom. The van der Waals surface area contributed by atoms with Crippen molar-refractivity contribution in [1.29, 1.82) is 5.26 Å². The van der Waals surface area contributed by atoms with Crippen LogP contribution in [0.1, 0.15) is 18.5 Å². The lowest BCUT2D eigenvalue weighted by Gasteiger charge is -2.33. The van der Waals surface area contributed by atoms with Crippen LogP contribution in [0.25, 0.3) is 0 Å². The fourth-order valence-corrected chi connectivity index (χ4v) is 2.20. The fraction of sp³-hybridized carbons (Fsp3) is 0.462. The molecule has 0 saturated carbocycles. The minimum absolute atomic E-state index is 0.303. The van der Waals surface area contributed by atoms with E-state index in [9.17, 15) is 4.39 Å². The summed E-state index contributed by atoms with van der Waals surface area (Å²) in [5.74, 6) is -0.303. The number of benzene rings is 1. The molecular formula is C13H16FN3O. The Balaban J connectivity index is 2.33. The van der Waals surface area contributed by atoms with Gasteiger partial charge in [-0.3, -0.25) is 0 Å². The van der Waals surface area contributed by atoms with Crippen LogP contribution in [0.4, 0.5) is 10.1 Å². The third kappa shape index (κ3) is 2.45. The monoisotopic (exact) mass is 249 g/mol. The molecule has 2 N–H and O–H groups in total. The third-order valence-electron chi connectivity index (χ3n) is 3.04. The normalized spacial score (nSPS) is 21.4. The van der Waals surface area contributed by atoms with Crippen molar-refractivity contribution in [1.82, 2.24) is 0 Å². The number of anilines is 1. The van der Waals surface area contributed by atoms with E-state index >= 15 is 0 Å². The predicted molar refractivity (Wildman–Crippen MR) is 66.6 cm³/mol. The van der Waals surface area contributed by atoms with Gasteiger partial charge in [-0.15, -0.1) is 0 Å². The standard InChI is InChI=1S/C13H16FN3O/c1-9(16)13-11(14)3-2-4-12(13)17-5-6-18-10(7-15)8-17/h2-4,9-10H,5-6,8,16H2,1H3. The Kier molecular flexibility index (Phi) is 3.80. The molecule has 4 nitrogen and oxygen atoms in total. The van der Waals surface area contributed by atoms with Crippen LogP contribution in [0, 0.1) is 17.1 Å². The molecule has 0 aromatic heterocycles. The SMILES string of the molecule is CC(N)c1c(F)cccc1N1CCOC(C#N)C1. The summed E-state index contributed by atoms with van der Waals surface area (Å²) in [5, 5.41) is 8.89. The number of nitrogens with two attached hydrogens (primary N) is 1. The van der Waals surface area contributed by atoms with E-state index < -0.39 is 6.10 Å². The lowest BCUT2D eigenvalue weighted by molar-refractivity contribution is 0.0763. The maximum absolute atomic E-state index is 13.8. The van der Waals surface area contributed by atoms with Crippen LogP contribution in [0.5, 0.6) is 0 Å². The zero-order valence-corrected chi connectivity index (χ0v) is 10.3. The van der Waals surface area contributed by atoms with Gasteiger partial charge in [-0.25, -0.2) is 4.39 Å². The van der Waals surface area contributed by atoms with Crippen molar-refractivity contribution < 1.29 is 9.13 Å². The lowest BCUT2D eigenvalue weighted by atomic mass is 10.0. The molecule has 0 aliphatic carbocycles. The topological polar surface area (TPSA) is 62.3 Å². The van der Waals surface area contributed by atoms with Gasteiger partial charge in [0.25, 0.3) is 0 Å². The highest BCUT2D eigenvalue weighted by atomic mass is 19.1. The molecule has 0 amide bonds. The fourth-order valence-electron chi connectivity index (χ4n) is 2.20. The maximum Gasteiger partial charge on any atom is 0.161 e. The highest BCUT2D eigenvalue weighted by Crippen LogP contribution is 2.29. The molecule has 1 aromatic carbocycles. The number of hydrogen-bond donors (Lipinski definition) is 1. The van der Waals surface area contributed by atoms with E-state index in [0.717, 1.165) is 5.69 Å². The second-order valence-electron chi connectivity index (χ2n) is 4.40. The van der Waals surface area contributed by atoms with Crippen molar-refractivity contribution in [2.45, 2.75) is 19.1 Å². The lowest BCUT2D eigenvalue weighted by Crippen LogP contribution is -2.42. The molecular weight excluding hydrogens is 233 g/mol. The van der Waals surface area contributed by atoms with Crippen LogP contribution in [0.3, 0.4) is 0 Å². The summed E-state index contributed by atoms with van der Waals surface area (Å²) in [7, 11) is 0. The van der Waals surface area contributed by atoms with E-state index in [1.165, 1.54) is 6.07 Å². The largest absolute Gasteiger partial charge is 0.365 e. The molecule has 2 atom stereocenters. The first kappa shape index (κ1) is 12.8. The van der Waals surface area contributed by atoms with Gasteiger partial charge in [0, 0.05) is 23.8 Å². The zero-order valence-electron chi connectivity index (χ0n) is 10.3. The van der Waals surface area contributed by atoms with Crippen molar-refractivity contribution in [3.8, 4) is 6.07 Å². The van der Waals surface area contributed by atoms with Crippen LogP contribution in [0.15, 0.2) is 18.2 Å². The average molecular weight is 249 g/mol. The van der Waals surface area contributed by atoms with E-state index in [4.69, 9.17) is 15.7 Å². The average Bonchev–Trinajstić information content (AvgIpc) is 2.38. The molecule has 5 heteroatoms. The van der Waals surface area contributed by atoms with E-state index in [2.05, 4.69) is 6.07 Å². The highest BCUT2D eigenvalue weighted by Gasteiger charge is 2.24. The number of nitrogens with zero attached hydrogens (tertiary/aromatic N) is 2. The third-order valence-corrected chi connectivity index (χ3v) is 3.04. The Bertz CT molecular complexity index is 470. The second kappa shape index (κ2) is 5.34. The Hall–Kier alpha value is -1.64. The molecule has 1 aliphatic heterocycles. The number of halogens is 1. The van der Waals surface area contributed by atoms with Crippen molar-refractivity contribution in [3.63, 3.8) is 0 Å². The summed E-state index contributed by atoms with van der Waals surface area (Å²) in [6.45, 7) is 3.30.